The Labute approximate surface area is 119 Å². The Morgan fingerprint density at radius 2 is 1.95 bits per heavy atom. The van der Waals surface area contributed by atoms with Gasteiger partial charge in [-0.15, -0.1) is 0 Å². The molecule has 0 aliphatic carbocycles. The van der Waals surface area contributed by atoms with Gasteiger partial charge in [0.05, 0.1) is 6.61 Å². The van der Waals surface area contributed by atoms with Gasteiger partial charge in [-0.3, -0.25) is 4.28 Å². The molecule has 1 aliphatic rings. The maximum absolute atomic E-state index is 10.2. The van der Waals surface area contributed by atoms with Crippen molar-refractivity contribution in [3.63, 3.8) is 0 Å². The summed E-state index contributed by atoms with van der Waals surface area (Å²) in [6.07, 6.45) is -5.66. The van der Waals surface area contributed by atoms with Gasteiger partial charge in [0, 0.05) is 0 Å². The fraction of sp³-hybridized carbons (Fsp3) is 0.875. The first kappa shape index (κ1) is 17.6. The largest absolute Gasteiger partial charge is 0.714 e. The Hall–Kier alpha value is -0.470. The summed E-state index contributed by atoms with van der Waals surface area (Å²) in [5.41, 5.74) is -1.13. The van der Waals surface area contributed by atoms with Crippen molar-refractivity contribution in [3.05, 3.63) is 0 Å². The highest BCUT2D eigenvalue weighted by Gasteiger charge is 2.43. The smallest absolute Gasteiger partial charge is 0.284 e. The van der Waals surface area contributed by atoms with Crippen LogP contribution in [0.5, 0.6) is 0 Å². The predicted molar refractivity (Wildman–Crippen MR) is 65.2 cm³/mol. The van der Waals surface area contributed by atoms with Crippen LogP contribution in [0.15, 0.2) is 5.16 Å². The maximum atomic E-state index is 10.2. The van der Waals surface area contributed by atoms with E-state index in [0.717, 1.165) is 0 Å². The molecule has 118 valence electrons. The van der Waals surface area contributed by atoms with Crippen molar-refractivity contribution in [3.8, 4) is 0 Å². The van der Waals surface area contributed by atoms with E-state index in [9.17, 15) is 28.3 Å². The molecule has 4 N–H and O–H groups in total. The Morgan fingerprint density at radius 1 is 1.35 bits per heavy atom. The number of hydrogen-bond acceptors (Lipinski definition) is 11. The Morgan fingerprint density at radius 3 is 2.45 bits per heavy atom. The molecule has 0 aromatic rings. The third-order valence-corrected chi connectivity index (χ3v) is 3.69. The number of thioether (sulfide) groups is 1. The molecule has 1 rings (SSSR count). The first-order valence-electron chi connectivity index (χ1n) is 5.32. The van der Waals surface area contributed by atoms with E-state index in [4.69, 9.17) is 9.84 Å². The lowest BCUT2D eigenvalue weighted by Crippen LogP contribution is -2.57. The fourth-order valence-electron chi connectivity index (χ4n) is 1.45. The van der Waals surface area contributed by atoms with Crippen LogP contribution in [-0.4, -0.2) is 74.9 Å². The van der Waals surface area contributed by atoms with Crippen molar-refractivity contribution in [1.29, 1.82) is 0 Å². The van der Waals surface area contributed by atoms with E-state index in [2.05, 4.69) is 9.44 Å². The number of rotatable bonds is 4. The minimum Gasteiger partial charge on any atom is -0.714 e. The van der Waals surface area contributed by atoms with E-state index in [1.165, 1.54) is 6.92 Å². The second kappa shape index (κ2) is 7.00. The van der Waals surface area contributed by atoms with Gasteiger partial charge in [-0.25, -0.2) is 0 Å². The summed E-state index contributed by atoms with van der Waals surface area (Å²) in [4.78, 5) is 0. The third kappa shape index (κ3) is 4.82. The molecule has 1 heterocycles. The molecule has 0 radical (unpaired) electrons. The first-order chi connectivity index (χ1) is 9.15. The van der Waals surface area contributed by atoms with Gasteiger partial charge in [-0.05, 0) is 6.92 Å². The molecule has 5 atom stereocenters. The Bertz CT molecular complexity index is 451. The average molecular weight is 332 g/mol. The van der Waals surface area contributed by atoms with Crippen LogP contribution >= 0.6 is 11.8 Å². The zero-order valence-corrected chi connectivity index (χ0v) is 11.8. The first-order valence-corrected chi connectivity index (χ1v) is 7.53. The number of nitrogens with zero attached hydrogens (tertiary/aromatic N) is 1. The van der Waals surface area contributed by atoms with E-state index < -0.39 is 46.9 Å². The van der Waals surface area contributed by atoms with Gasteiger partial charge in [0.2, 0.25) is 0 Å². The molecule has 0 unspecified atom stereocenters. The van der Waals surface area contributed by atoms with E-state index in [1.54, 1.807) is 0 Å². The van der Waals surface area contributed by atoms with Crippen molar-refractivity contribution < 1.29 is 42.4 Å². The van der Waals surface area contributed by atoms with Crippen LogP contribution in [0.25, 0.3) is 0 Å². The molecule has 0 aromatic heterocycles. The normalized spacial score (nSPS) is 35.9. The molecule has 0 bridgehead atoms. The summed E-state index contributed by atoms with van der Waals surface area (Å²) in [6, 6.07) is 0. The number of hydrogen-bond donors (Lipinski definition) is 4. The maximum Gasteiger partial charge on any atom is 0.284 e. The SMILES string of the molecule is C/C(=N\OS(=O)(=O)[O-])S[C@@H]1O[C@@H](CO)[C@@H](O)[C@H](O)[C@H]1O. The minimum absolute atomic E-state index is 0.0752. The number of oxime groups is 1. The molecule has 0 spiro atoms. The third-order valence-electron chi connectivity index (χ3n) is 2.39. The molecule has 0 saturated carbocycles. The molecule has 0 aromatic carbocycles. The lowest BCUT2D eigenvalue weighted by Gasteiger charge is -2.39. The summed E-state index contributed by atoms with van der Waals surface area (Å²) in [5, 5.41) is 40.6. The van der Waals surface area contributed by atoms with E-state index in [1.807, 2.05) is 0 Å². The fourth-order valence-corrected chi connectivity index (χ4v) is 2.62. The zero-order chi connectivity index (χ0) is 15.5. The van der Waals surface area contributed by atoms with Gasteiger partial charge in [0.25, 0.3) is 10.4 Å². The summed E-state index contributed by atoms with van der Waals surface area (Å²) in [6.45, 7) is 0.681. The predicted octanol–water partition coefficient (Wildman–Crippen LogP) is -2.67. The van der Waals surface area contributed by atoms with Crippen LogP contribution in [0.4, 0.5) is 0 Å². The van der Waals surface area contributed by atoms with Gasteiger partial charge in [0.1, 0.15) is 34.9 Å². The lowest BCUT2D eigenvalue weighted by atomic mass is 10.0. The number of aliphatic hydroxyl groups is 4. The van der Waals surface area contributed by atoms with Crippen LogP contribution in [0.3, 0.4) is 0 Å². The summed E-state index contributed by atoms with van der Waals surface area (Å²) in [7, 11) is -4.99. The molecule has 0 amide bonds. The lowest BCUT2D eigenvalue weighted by molar-refractivity contribution is -0.205. The van der Waals surface area contributed by atoms with Gasteiger partial charge in [0.15, 0.2) is 0 Å². The van der Waals surface area contributed by atoms with Crippen LogP contribution in [0.1, 0.15) is 6.92 Å². The zero-order valence-electron chi connectivity index (χ0n) is 10.2. The van der Waals surface area contributed by atoms with Crippen LogP contribution in [0.2, 0.25) is 0 Å². The second-order valence-electron chi connectivity index (χ2n) is 3.91. The highest BCUT2D eigenvalue weighted by molar-refractivity contribution is 8.14. The molecular formula is C8H14NO9S2-. The van der Waals surface area contributed by atoms with Crippen molar-refractivity contribution in [2.75, 3.05) is 6.61 Å². The van der Waals surface area contributed by atoms with Crippen molar-refractivity contribution in [1.82, 2.24) is 0 Å². The quantitative estimate of drug-likeness (QED) is 0.140. The Balaban J connectivity index is 2.71. The van der Waals surface area contributed by atoms with Gasteiger partial charge < -0.3 is 29.7 Å². The van der Waals surface area contributed by atoms with Crippen LogP contribution in [0, 0.1) is 0 Å². The molecular weight excluding hydrogens is 318 g/mol. The van der Waals surface area contributed by atoms with E-state index in [0.29, 0.717) is 11.8 Å². The topological polar surface area (TPSA) is 169 Å². The average Bonchev–Trinajstić information content (AvgIpc) is 2.36. The molecule has 12 heteroatoms. The van der Waals surface area contributed by atoms with Crippen LogP contribution in [-0.2, 0) is 19.4 Å². The molecule has 10 nitrogen and oxygen atoms in total. The number of ether oxygens (including phenoxy) is 1. The van der Waals surface area contributed by atoms with Gasteiger partial charge in [-0.2, -0.15) is 8.42 Å². The summed E-state index contributed by atoms with van der Waals surface area (Å²) >= 11 is 0.661. The minimum atomic E-state index is -4.99. The second-order valence-corrected chi connectivity index (χ2v) is 6.16. The van der Waals surface area contributed by atoms with E-state index in [-0.39, 0.29) is 5.04 Å². The highest BCUT2D eigenvalue weighted by atomic mass is 32.3. The van der Waals surface area contributed by atoms with Gasteiger partial charge >= 0.3 is 0 Å². The van der Waals surface area contributed by atoms with E-state index >= 15 is 0 Å². The molecule has 20 heavy (non-hydrogen) atoms. The molecule has 1 fully saturated rings. The van der Waals surface area contributed by atoms with Gasteiger partial charge in [-0.1, -0.05) is 16.9 Å². The summed E-state index contributed by atoms with van der Waals surface area (Å²) < 4.78 is 39.4. The Kier molecular flexibility index (Phi) is 6.15. The molecule has 1 saturated heterocycles. The van der Waals surface area contributed by atoms with Crippen LogP contribution < -0.4 is 0 Å². The summed E-state index contributed by atoms with van der Waals surface area (Å²) in [5.74, 6) is 0. The molecule has 1 aliphatic heterocycles. The number of aliphatic hydroxyl groups excluding tert-OH is 4. The standard InChI is InChI=1S/C8H15NO9S2/c1-3(9-18-20(14,15)16)19-8-7(13)6(12)5(11)4(2-10)17-8/h4-8,10-13H,2H2,1H3,(H,14,15,16)/p-1/b9-3+/t4-,5+,6-,7+,8-/m0/s1. The van der Waals surface area contributed by atoms with Crippen molar-refractivity contribution in [2.45, 2.75) is 36.8 Å². The van der Waals surface area contributed by atoms with Crippen molar-refractivity contribution in [2.24, 2.45) is 5.16 Å². The monoisotopic (exact) mass is 332 g/mol. The highest BCUT2D eigenvalue weighted by Crippen LogP contribution is 2.29. The van der Waals surface area contributed by atoms with Crippen molar-refractivity contribution >= 4 is 27.2 Å².